The van der Waals surface area contributed by atoms with E-state index < -0.39 is 8.77 Å². The van der Waals surface area contributed by atoms with Gasteiger partial charge in [0.2, 0.25) is 0 Å². The second-order valence-electron chi connectivity index (χ2n) is 5.97. The zero-order valence-corrected chi connectivity index (χ0v) is 14.2. The van der Waals surface area contributed by atoms with Gasteiger partial charge in [0, 0.05) is 11.2 Å². The molecule has 108 valence electrons. The van der Waals surface area contributed by atoms with E-state index in [2.05, 4.69) is 13.8 Å². The molecule has 1 unspecified atom stereocenters. The van der Waals surface area contributed by atoms with Gasteiger partial charge < -0.3 is 4.55 Å². The van der Waals surface area contributed by atoms with Crippen molar-refractivity contribution >= 4 is 20.0 Å². The van der Waals surface area contributed by atoms with Crippen molar-refractivity contribution in [3.63, 3.8) is 0 Å². The lowest BCUT2D eigenvalue weighted by Crippen LogP contribution is -2.10. The molecule has 1 atom stereocenters. The fourth-order valence-corrected chi connectivity index (χ4v) is 3.95. The lowest BCUT2D eigenvalue weighted by molar-refractivity contribution is 0.556. The van der Waals surface area contributed by atoms with Gasteiger partial charge in [0.15, 0.2) is 8.77 Å². The Morgan fingerprint density at radius 2 is 1.32 bits per heavy atom. The molecule has 0 amide bonds. The van der Waals surface area contributed by atoms with Crippen LogP contribution in [0.4, 0.5) is 0 Å². The molecule has 0 aliphatic heterocycles. The SMILES string of the molecule is CC(C)c1cc(C(C)C)c(S(=O)(O)=S)c(C(C)C)c1. The first kappa shape index (κ1) is 16.6. The minimum atomic E-state index is -3.36. The molecular weight excluding hydrogens is 276 g/mol. The van der Waals surface area contributed by atoms with Crippen molar-refractivity contribution in [3.05, 3.63) is 28.8 Å². The molecule has 0 spiro atoms. The number of hydrogen-bond acceptors (Lipinski definition) is 2. The Balaban J connectivity index is 3.77. The van der Waals surface area contributed by atoms with Crippen LogP contribution in [0.2, 0.25) is 0 Å². The average molecular weight is 300 g/mol. The van der Waals surface area contributed by atoms with E-state index in [1.165, 1.54) is 5.56 Å². The van der Waals surface area contributed by atoms with Crippen LogP contribution in [-0.2, 0) is 20.0 Å². The first-order valence-corrected chi connectivity index (χ1v) is 9.14. The van der Waals surface area contributed by atoms with Gasteiger partial charge in [-0.2, -0.15) is 0 Å². The fraction of sp³-hybridized carbons (Fsp3) is 0.600. The van der Waals surface area contributed by atoms with Crippen LogP contribution in [0.3, 0.4) is 0 Å². The third-order valence-electron chi connectivity index (χ3n) is 3.34. The molecule has 1 rings (SSSR count). The van der Waals surface area contributed by atoms with Gasteiger partial charge in [0.25, 0.3) is 0 Å². The van der Waals surface area contributed by atoms with Gasteiger partial charge in [-0.1, -0.05) is 53.7 Å². The van der Waals surface area contributed by atoms with E-state index in [4.69, 9.17) is 11.2 Å². The van der Waals surface area contributed by atoms with Crippen molar-refractivity contribution < 1.29 is 8.76 Å². The third-order valence-corrected chi connectivity index (χ3v) is 4.82. The minimum absolute atomic E-state index is 0.183. The van der Waals surface area contributed by atoms with Gasteiger partial charge >= 0.3 is 0 Å². The van der Waals surface area contributed by atoms with Crippen LogP contribution in [0, 0.1) is 0 Å². The molecule has 0 heterocycles. The van der Waals surface area contributed by atoms with Crippen LogP contribution in [0.5, 0.6) is 0 Å². The molecule has 0 saturated carbocycles. The molecule has 0 radical (unpaired) electrons. The molecule has 0 aliphatic carbocycles. The highest BCUT2D eigenvalue weighted by Crippen LogP contribution is 2.34. The predicted octanol–water partition coefficient (Wildman–Crippen LogP) is 4.64. The van der Waals surface area contributed by atoms with Gasteiger partial charge in [-0.3, -0.25) is 0 Å². The summed E-state index contributed by atoms with van der Waals surface area (Å²) in [4.78, 5) is 0.469. The first-order valence-electron chi connectivity index (χ1n) is 6.70. The van der Waals surface area contributed by atoms with E-state index in [0.29, 0.717) is 10.8 Å². The van der Waals surface area contributed by atoms with Crippen molar-refractivity contribution in [2.24, 2.45) is 0 Å². The molecule has 1 aromatic rings. The zero-order valence-electron chi connectivity index (χ0n) is 12.6. The lowest BCUT2D eigenvalue weighted by Gasteiger charge is -2.22. The van der Waals surface area contributed by atoms with Crippen LogP contribution >= 0.6 is 0 Å². The average Bonchev–Trinajstić information content (AvgIpc) is 2.25. The minimum Gasteiger partial charge on any atom is -0.302 e. The maximum atomic E-state index is 12.1. The molecule has 4 heteroatoms. The molecule has 0 fully saturated rings. The fourth-order valence-electron chi connectivity index (χ4n) is 2.19. The van der Waals surface area contributed by atoms with Gasteiger partial charge in [-0.15, -0.1) is 0 Å². The summed E-state index contributed by atoms with van der Waals surface area (Å²) in [7, 11) is -3.36. The van der Waals surface area contributed by atoms with Crippen molar-refractivity contribution in [1.29, 1.82) is 0 Å². The Labute approximate surface area is 122 Å². The van der Waals surface area contributed by atoms with Crippen molar-refractivity contribution in [1.82, 2.24) is 0 Å². The summed E-state index contributed by atoms with van der Waals surface area (Å²) in [6.45, 7) is 12.4. The molecule has 2 nitrogen and oxygen atoms in total. The highest BCUT2D eigenvalue weighted by atomic mass is 32.8. The topological polar surface area (TPSA) is 37.3 Å². The van der Waals surface area contributed by atoms with Crippen LogP contribution in [0.15, 0.2) is 17.0 Å². The molecule has 0 aromatic heterocycles. The Bertz CT molecular complexity index is 527. The second kappa shape index (κ2) is 5.90. The molecular formula is C15H24O2S2. The standard InChI is InChI=1S/C15H24O2S2/c1-9(2)12-7-13(10(3)4)15(19(16,17)18)14(8-12)11(5)6/h7-11H,1-6H3,(H,16,17,18). The van der Waals surface area contributed by atoms with E-state index in [1.54, 1.807) is 0 Å². The predicted molar refractivity (Wildman–Crippen MR) is 85.1 cm³/mol. The number of rotatable bonds is 4. The summed E-state index contributed by atoms with van der Waals surface area (Å²) in [5.41, 5.74) is 3.03. The third kappa shape index (κ3) is 3.77. The van der Waals surface area contributed by atoms with Gasteiger partial charge in [-0.25, -0.2) is 4.21 Å². The Hall–Kier alpha value is -0.450. The van der Waals surface area contributed by atoms with Gasteiger partial charge in [-0.05, 0) is 34.4 Å². The van der Waals surface area contributed by atoms with E-state index in [1.807, 2.05) is 39.8 Å². The maximum absolute atomic E-state index is 12.1. The summed E-state index contributed by atoms with van der Waals surface area (Å²) >= 11 is 4.86. The molecule has 1 N–H and O–H groups in total. The smallest absolute Gasteiger partial charge is 0.171 e. The van der Waals surface area contributed by atoms with E-state index in [9.17, 15) is 8.76 Å². The molecule has 0 saturated heterocycles. The zero-order chi connectivity index (χ0) is 15.0. The van der Waals surface area contributed by atoms with E-state index in [-0.39, 0.29) is 11.8 Å². The summed E-state index contributed by atoms with van der Waals surface area (Å²) in [6.07, 6.45) is 0. The van der Waals surface area contributed by atoms with Crippen LogP contribution < -0.4 is 0 Å². The largest absolute Gasteiger partial charge is 0.302 e. The van der Waals surface area contributed by atoms with Crippen LogP contribution in [0.25, 0.3) is 0 Å². The Morgan fingerprint density at radius 3 is 1.53 bits per heavy atom. The molecule has 19 heavy (non-hydrogen) atoms. The van der Waals surface area contributed by atoms with Gasteiger partial charge in [0.1, 0.15) is 0 Å². The first-order chi connectivity index (χ1) is 8.55. The summed E-state index contributed by atoms with van der Waals surface area (Å²) in [5.74, 6) is 0.758. The Kier molecular flexibility index (Phi) is 5.15. The summed E-state index contributed by atoms with van der Waals surface area (Å²) < 4.78 is 22.0. The van der Waals surface area contributed by atoms with Crippen molar-refractivity contribution in [3.8, 4) is 0 Å². The molecule has 0 bridgehead atoms. The van der Waals surface area contributed by atoms with E-state index in [0.717, 1.165) is 11.1 Å². The van der Waals surface area contributed by atoms with Crippen molar-refractivity contribution in [2.75, 3.05) is 0 Å². The maximum Gasteiger partial charge on any atom is 0.171 e. The number of hydrogen-bond donors (Lipinski definition) is 1. The van der Waals surface area contributed by atoms with Gasteiger partial charge in [0.05, 0.1) is 4.90 Å². The summed E-state index contributed by atoms with van der Waals surface area (Å²) in [6, 6.07) is 4.08. The lowest BCUT2D eigenvalue weighted by atomic mass is 9.89. The Morgan fingerprint density at radius 1 is 0.947 bits per heavy atom. The normalized spacial score (nSPS) is 15.3. The molecule has 0 aliphatic rings. The number of benzene rings is 1. The molecule has 1 aromatic carbocycles. The second-order valence-corrected chi connectivity index (χ2v) is 8.68. The summed E-state index contributed by atoms with van der Waals surface area (Å²) in [5, 5.41) is 0. The van der Waals surface area contributed by atoms with Crippen LogP contribution in [0.1, 0.15) is 76.0 Å². The highest BCUT2D eigenvalue weighted by molar-refractivity contribution is 8.29. The van der Waals surface area contributed by atoms with E-state index >= 15 is 0 Å². The van der Waals surface area contributed by atoms with Crippen LogP contribution in [-0.4, -0.2) is 8.76 Å². The monoisotopic (exact) mass is 300 g/mol. The quantitative estimate of drug-likeness (QED) is 0.880. The highest BCUT2D eigenvalue weighted by Gasteiger charge is 2.22. The van der Waals surface area contributed by atoms with Crippen molar-refractivity contribution in [2.45, 2.75) is 64.2 Å².